The average Bonchev–Trinajstić information content (AvgIpc) is 2.73. The molecular weight excluding hydrogens is 208 g/mol. The van der Waals surface area contributed by atoms with E-state index in [0.29, 0.717) is 5.54 Å². The van der Waals surface area contributed by atoms with Crippen LogP contribution in [0.1, 0.15) is 52.4 Å². The number of nitrogens with one attached hydrogen (secondary N) is 1. The number of fused-ring (bicyclic) bond motifs is 1. The zero-order chi connectivity index (χ0) is 11.9. The molecule has 2 nitrogen and oxygen atoms in total. The maximum Gasteiger partial charge on any atom is 0.0200 e. The molecule has 0 amide bonds. The minimum absolute atomic E-state index is 0.434. The van der Waals surface area contributed by atoms with Crippen molar-refractivity contribution in [3.05, 3.63) is 0 Å². The van der Waals surface area contributed by atoms with Gasteiger partial charge in [-0.25, -0.2) is 0 Å². The van der Waals surface area contributed by atoms with E-state index in [4.69, 9.17) is 0 Å². The van der Waals surface area contributed by atoms with E-state index in [1.165, 1.54) is 58.2 Å². The van der Waals surface area contributed by atoms with Gasteiger partial charge in [-0.15, -0.1) is 0 Å². The van der Waals surface area contributed by atoms with Gasteiger partial charge in [-0.1, -0.05) is 25.7 Å². The summed E-state index contributed by atoms with van der Waals surface area (Å²) in [6.07, 6.45) is 8.78. The van der Waals surface area contributed by atoms with Crippen LogP contribution in [0.25, 0.3) is 0 Å². The minimum Gasteiger partial charge on any atom is -0.316 e. The Hall–Kier alpha value is -0.0800. The molecule has 17 heavy (non-hydrogen) atoms. The first-order valence-corrected chi connectivity index (χ1v) is 7.67. The molecule has 0 radical (unpaired) electrons. The van der Waals surface area contributed by atoms with Gasteiger partial charge in [0.2, 0.25) is 0 Å². The van der Waals surface area contributed by atoms with Crippen molar-refractivity contribution in [2.24, 2.45) is 11.8 Å². The first-order valence-electron chi connectivity index (χ1n) is 7.67. The summed E-state index contributed by atoms with van der Waals surface area (Å²) >= 11 is 0. The van der Waals surface area contributed by atoms with E-state index in [9.17, 15) is 0 Å². The lowest BCUT2D eigenvalue weighted by molar-refractivity contribution is 0.0801. The molecule has 0 bridgehead atoms. The zero-order valence-electron chi connectivity index (χ0n) is 11.5. The van der Waals surface area contributed by atoms with Crippen LogP contribution in [0.15, 0.2) is 0 Å². The van der Waals surface area contributed by atoms with Crippen molar-refractivity contribution >= 4 is 0 Å². The zero-order valence-corrected chi connectivity index (χ0v) is 11.5. The lowest BCUT2D eigenvalue weighted by atomic mass is 9.84. The average molecular weight is 236 g/mol. The normalized spacial score (nSPS) is 39.2. The van der Waals surface area contributed by atoms with Gasteiger partial charge in [-0.05, 0) is 45.1 Å². The van der Waals surface area contributed by atoms with Gasteiger partial charge in [0.05, 0.1) is 0 Å². The standard InChI is InChI=1S/C15H28N2/c1-15(2)14-10-16-9-12(14)11-17(15)13-7-5-3-4-6-8-13/h12-14,16H,3-11H2,1-2H3. The van der Waals surface area contributed by atoms with Crippen LogP contribution < -0.4 is 5.32 Å². The second-order valence-corrected chi connectivity index (χ2v) is 6.98. The van der Waals surface area contributed by atoms with Crippen molar-refractivity contribution in [1.29, 1.82) is 0 Å². The summed E-state index contributed by atoms with van der Waals surface area (Å²) in [6.45, 7) is 8.86. The predicted octanol–water partition coefficient (Wildman–Crippen LogP) is 2.64. The first kappa shape index (κ1) is 12.0. The molecule has 2 aliphatic heterocycles. The predicted molar refractivity (Wildman–Crippen MR) is 72.1 cm³/mol. The Morgan fingerprint density at radius 2 is 1.71 bits per heavy atom. The molecule has 1 N–H and O–H groups in total. The van der Waals surface area contributed by atoms with E-state index < -0.39 is 0 Å². The summed E-state index contributed by atoms with van der Waals surface area (Å²) in [5, 5.41) is 3.59. The van der Waals surface area contributed by atoms with Crippen LogP contribution in [0.2, 0.25) is 0 Å². The molecule has 0 aromatic rings. The number of nitrogens with zero attached hydrogens (tertiary/aromatic N) is 1. The summed E-state index contributed by atoms with van der Waals surface area (Å²) in [5.41, 5.74) is 0.434. The molecule has 2 heteroatoms. The highest BCUT2D eigenvalue weighted by atomic mass is 15.3. The molecule has 3 rings (SSSR count). The highest BCUT2D eigenvalue weighted by Gasteiger charge is 2.51. The third-order valence-corrected chi connectivity index (χ3v) is 5.68. The summed E-state index contributed by atoms with van der Waals surface area (Å²) in [4.78, 5) is 2.88. The molecule has 2 heterocycles. The summed E-state index contributed by atoms with van der Waals surface area (Å²) < 4.78 is 0. The van der Waals surface area contributed by atoms with Gasteiger partial charge < -0.3 is 5.32 Å². The van der Waals surface area contributed by atoms with Crippen molar-refractivity contribution < 1.29 is 0 Å². The Labute approximate surface area is 106 Å². The SMILES string of the molecule is CC1(C)C2CNCC2CN1C1CCCCCC1. The molecule has 1 saturated carbocycles. The fraction of sp³-hybridized carbons (Fsp3) is 1.00. The fourth-order valence-corrected chi connectivity index (χ4v) is 4.64. The fourth-order valence-electron chi connectivity index (χ4n) is 4.64. The lowest BCUT2D eigenvalue weighted by Crippen LogP contribution is -2.49. The molecule has 3 fully saturated rings. The number of likely N-dealkylation sites (tertiary alicyclic amines) is 1. The lowest BCUT2D eigenvalue weighted by Gasteiger charge is -2.41. The quantitative estimate of drug-likeness (QED) is 0.704. The molecule has 3 aliphatic rings. The molecule has 2 unspecified atom stereocenters. The Morgan fingerprint density at radius 1 is 1.00 bits per heavy atom. The number of rotatable bonds is 1. The van der Waals surface area contributed by atoms with E-state index in [1.807, 2.05) is 0 Å². The highest BCUT2D eigenvalue weighted by Crippen LogP contribution is 2.43. The van der Waals surface area contributed by atoms with Gasteiger partial charge >= 0.3 is 0 Å². The maximum absolute atomic E-state index is 3.59. The van der Waals surface area contributed by atoms with Gasteiger partial charge in [-0.3, -0.25) is 4.90 Å². The Balaban J connectivity index is 1.74. The van der Waals surface area contributed by atoms with Crippen molar-refractivity contribution in [3.63, 3.8) is 0 Å². The molecule has 2 atom stereocenters. The van der Waals surface area contributed by atoms with Crippen molar-refractivity contribution in [3.8, 4) is 0 Å². The van der Waals surface area contributed by atoms with E-state index >= 15 is 0 Å². The van der Waals surface area contributed by atoms with Gasteiger partial charge in [0.1, 0.15) is 0 Å². The van der Waals surface area contributed by atoms with Crippen molar-refractivity contribution in [1.82, 2.24) is 10.2 Å². The van der Waals surface area contributed by atoms with Crippen LogP contribution in [0, 0.1) is 11.8 Å². The second-order valence-electron chi connectivity index (χ2n) is 6.98. The van der Waals surface area contributed by atoms with Crippen LogP contribution in [0.4, 0.5) is 0 Å². The smallest absolute Gasteiger partial charge is 0.0200 e. The maximum atomic E-state index is 3.59. The van der Waals surface area contributed by atoms with Gasteiger partial charge in [0.25, 0.3) is 0 Å². The van der Waals surface area contributed by atoms with Gasteiger partial charge in [-0.2, -0.15) is 0 Å². The van der Waals surface area contributed by atoms with E-state index in [-0.39, 0.29) is 0 Å². The van der Waals surface area contributed by atoms with E-state index in [2.05, 4.69) is 24.1 Å². The monoisotopic (exact) mass is 236 g/mol. The third-order valence-electron chi connectivity index (χ3n) is 5.68. The number of hydrogen-bond acceptors (Lipinski definition) is 2. The van der Waals surface area contributed by atoms with Crippen molar-refractivity contribution in [2.45, 2.75) is 64.0 Å². The molecule has 0 aromatic heterocycles. The van der Waals surface area contributed by atoms with Gasteiger partial charge in [0, 0.05) is 24.7 Å². The second kappa shape index (κ2) is 4.55. The number of hydrogen-bond donors (Lipinski definition) is 1. The van der Waals surface area contributed by atoms with Crippen LogP contribution in [-0.4, -0.2) is 36.1 Å². The molecule has 98 valence electrons. The Kier molecular flexibility index (Phi) is 3.20. The van der Waals surface area contributed by atoms with Crippen LogP contribution in [0.3, 0.4) is 0 Å². The molecule has 0 spiro atoms. The summed E-state index contributed by atoms with van der Waals surface area (Å²) in [7, 11) is 0. The molecule has 1 aliphatic carbocycles. The summed E-state index contributed by atoms with van der Waals surface area (Å²) in [6, 6.07) is 0.887. The Bertz CT molecular complexity index is 266. The van der Waals surface area contributed by atoms with E-state index in [1.54, 1.807) is 0 Å². The highest BCUT2D eigenvalue weighted by molar-refractivity contribution is 5.06. The molecule has 2 saturated heterocycles. The van der Waals surface area contributed by atoms with Crippen LogP contribution >= 0.6 is 0 Å². The van der Waals surface area contributed by atoms with Gasteiger partial charge in [0.15, 0.2) is 0 Å². The largest absolute Gasteiger partial charge is 0.316 e. The Morgan fingerprint density at radius 3 is 2.35 bits per heavy atom. The molecular formula is C15H28N2. The van der Waals surface area contributed by atoms with Crippen LogP contribution in [0.5, 0.6) is 0 Å². The minimum atomic E-state index is 0.434. The van der Waals surface area contributed by atoms with Crippen molar-refractivity contribution in [2.75, 3.05) is 19.6 Å². The first-order chi connectivity index (χ1) is 8.19. The molecule has 0 aromatic carbocycles. The summed E-state index contributed by atoms with van der Waals surface area (Å²) in [5.74, 6) is 1.82. The third kappa shape index (κ3) is 2.04. The topological polar surface area (TPSA) is 15.3 Å². The van der Waals surface area contributed by atoms with E-state index in [0.717, 1.165) is 17.9 Å². The van der Waals surface area contributed by atoms with Crippen LogP contribution in [-0.2, 0) is 0 Å².